The molecule has 0 aliphatic carbocycles. The number of benzene rings is 2. The fraction of sp³-hybridized carbons (Fsp3) is 0.348. The molecule has 0 spiro atoms. The SMILES string of the molecule is COCC(C)NC1CN(C(=O)c2cc(Cc3n[nH]c(=O)c4ccccc34)ccc2F)C1. The average molecular weight is 424 g/mol. The summed E-state index contributed by atoms with van der Waals surface area (Å²) in [5.74, 6) is -0.867. The van der Waals surface area contributed by atoms with E-state index in [0.717, 1.165) is 10.9 Å². The Morgan fingerprint density at radius 1 is 1.29 bits per heavy atom. The maximum absolute atomic E-state index is 14.5. The lowest BCUT2D eigenvalue weighted by Crippen LogP contribution is -2.61. The lowest BCUT2D eigenvalue weighted by atomic mass is 10.0. The molecular formula is C23H25FN4O3. The lowest BCUT2D eigenvalue weighted by Gasteiger charge is -2.41. The molecule has 3 aromatic rings. The van der Waals surface area contributed by atoms with Gasteiger partial charge < -0.3 is 15.0 Å². The van der Waals surface area contributed by atoms with Gasteiger partial charge in [-0.1, -0.05) is 24.3 Å². The third kappa shape index (κ3) is 4.50. The number of nitrogens with one attached hydrogen (secondary N) is 2. The molecule has 1 unspecified atom stereocenters. The van der Waals surface area contributed by atoms with E-state index < -0.39 is 5.82 Å². The molecule has 4 rings (SSSR count). The molecule has 0 bridgehead atoms. The zero-order valence-corrected chi connectivity index (χ0v) is 17.5. The summed E-state index contributed by atoms with van der Waals surface area (Å²) in [6.07, 6.45) is 0.372. The summed E-state index contributed by atoms with van der Waals surface area (Å²) in [7, 11) is 1.65. The smallest absolute Gasteiger partial charge is 0.272 e. The monoisotopic (exact) mass is 424 g/mol. The first-order valence-electron chi connectivity index (χ1n) is 10.2. The van der Waals surface area contributed by atoms with Crippen molar-refractivity contribution in [1.82, 2.24) is 20.4 Å². The van der Waals surface area contributed by atoms with Crippen LogP contribution in [-0.4, -0.2) is 59.9 Å². The Hall–Kier alpha value is -3.10. The minimum atomic E-state index is -0.544. The summed E-state index contributed by atoms with van der Waals surface area (Å²) < 4.78 is 19.6. The molecule has 0 saturated carbocycles. The maximum Gasteiger partial charge on any atom is 0.272 e. The lowest BCUT2D eigenvalue weighted by molar-refractivity contribution is 0.0527. The van der Waals surface area contributed by atoms with Crippen molar-refractivity contribution in [3.8, 4) is 0 Å². The molecule has 162 valence electrons. The predicted octanol–water partition coefficient (Wildman–Crippen LogP) is 2.10. The number of fused-ring (bicyclic) bond motifs is 1. The standard InChI is InChI=1S/C23H25FN4O3/c1-14(13-31-2)25-16-11-28(12-16)23(30)19-9-15(7-8-20(19)24)10-21-17-5-3-4-6-18(17)22(29)27-26-21/h3-9,14,16,25H,10-13H2,1-2H3,(H,27,29). The number of aromatic amines is 1. The normalized spacial score (nSPS) is 15.1. The fourth-order valence-electron chi connectivity index (χ4n) is 3.97. The van der Waals surface area contributed by atoms with E-state index >= 15 is 0 Å². The number of amides is 1. The average Bonchev–Trinajstić information content (AvgIpc) is 2.73. The predicted molar refractivity (Wildman–Crippen MR) is 116 cm³/mol. The van der Waals surface area contributed by atoms with Gasteiger partial charge in [0, 0.05) is 44.1 Å². The molecule has 1 atom stereocenters. The number of carbonyl (C=O) groups excluding carboxylic acids is 1. The topological polar surface area (TPSA) is 87.3 Å². The molecule has 2 N–H and O–H groups in total. The molecule has 1 fully saturated rings. The van der Waals surface area contributed by atoms with E-state index in [1.807, 2.05) is 19.1 Å². The molecule has 2 heterocycles. The second-order valence-electron chi connectivity index (χ2n) is 7.97. The van der Waals surface area contributed by atoms with Crippen molar-refractivity contribution in [2.24, 2.45) is 0 Å². The van der Waals surface area contributed by atoms with Crippen LogP contribution in [0, 0.1) is 5.82 Å². The van der Waals surface area contributed by atoms with Crippen LogP contribution in [0.2, 0.25) is 0 Å². The Labute approximate surface area is 179 Å². The van der Waals surface area contributed by atoms with E-state index in [2.05, 4.69) is 15.5 Å². The molecule has 8 heteroatoms. The number of nitrogens with zero attached hydrogens (tertiary/aromatic N) is 2. The number of H-pyrrole nitrogens is 1. The van der Waals surface area contributed by atoms with Crippen LogP contribution in [-0.2, 0) is 11.2 Å². The second kappa shape index (κ2) is 8.95. The van der Waals surface area contributed by atoms with Crippen molar-refractivity contribution in [1.29, 1.82) is 0 Å². The summed E-state index contributed by atoms with van der Waals surface area (Å²) >= 11 is 0. The zero-order chi connectivity index (χ0) is 22.0. The van der Waals surface area contributed by atoms with Gasteiger partial charge in [0.1, 0.15) is 5.82 Å². The van der Waals surface area contributed by atoms with Crippen LogP contribution in [0.4, 0.5) is 4.39 Å². The van der Waals surface area contributed by atoms with E-state index in [0.29, 0.717) is 37.2 Å². The summed E-state index contributed by atoms with van der Waals surface area (Å²) in [5, 5.41) is 11.3. The first-order chi connectivity index (χ1) is 15.0. The number of methoxy groups -OCH3 is 1. The molecule has 1 aliphatic heterocycles. The summed E-state index contributed by atoms with van der Waals surface area (Å²) in [5.41, 5.74) is 1.21. The van der Waals surface area contributed by atoms with Gasteiger partial charge in [-0.05, 0) is 30.7 Å². The number of likely N-dealkylation sites (tertiary alicyclic amines) is 1. The van der Waals surface area contributed by atoms with Crippen LogP contribution in [0.5, 0.6) is 0 Å². The Bertz CT molecular complexity index is 1160. The molecule has 1 aromatic heterocycles. The van der Waals surface area contributed by atoms with E-state index in [4.69, 9.17) is 4.74 Å². The highest BCUT2D eigenvalue weighted by Gasteiger charge is 2.33. The zero-order valence-electron chi connectivity index (χ0n) is 17.5. The third-order valence-corrected chi connectivity index (χ3v) is 5.51. The number of aromatic nitrogens is 2. The van der Waals surface area contributed by atoms with Gasteiger partial charge in [-0.2, -0.15) is 5.10 Å². The molecule has 1 saturated heterocycles. The van der Waals surface area contributed by atoms with E-state index in [1.54, 1.807) is 36.3 Å². The minimum Gasteiger partial charge on any atom is -0.383 e. The summed E-state index contributed by atoms with van der Waals surface area (Å²) in [6, 6.07) is 12.1. The molecule has 31 heavy (non-hydrogen) atoms. The Kier molecular flexibility index (Phi) is 6.11. The Morgan fingerprint density at radius 2 is 2.03 bits per heavy atom. The quantitative estimate of drug-likeness (QED) is 0.607. The number of carbonyl (C=O) groups is 1. The number of hydrogen-bond acceptors (Lipinski definition) is 5. The van der Waals surface area contributed by atoms with Crippen molar-refractivity contribution in [3.05, 3.63) is 75.5 Å². The van der Waals surface area contributed by atoms with Crippen molar-refractivity contribution < 1.29 is 13.9 Å². The summed E-state index contributed by atoms with van der Waals surface area (Å²) in [4.78, 5) is 26.5. The van der Waals surface area contributed by atoms with Gasteiger partial charge in [-0.15, -0.1) is 0 Å². The summed E-state index contributed by atoms with van der Waals surface area (Å²) in [6.45, 7) is 3.67. The van der Waals surface area contributed by atoms with Crippen LogP contribution >= 0.6 is 0 Å². The van der Waals surface area contributed by atoms with E-state index in [1.165, 1.54) is 6.07 Å². The molecular weight excluding hydrogens is 399 g/mol. The second-order valence-corrected chi connectivity index (χ2v) is 7.97. The number of hydrogen-bond donors (Lipinski definition) is 2. The van der Waals surface area contributed by atoms with Gasteiger partial charge in [0.05, 0.1) is 23.3 Å². The van der Waals surface area contributed by atoms with Gasteiger partial charge in [-0.3, -0.25) is 9.59 Å². The fourth-order valence-corrected chi connectivity index (χ4v) is 3.97. The van der Waals surface area contributed by atoms with Crippen LogP contribution in [0.15, 0.2) is 47.3 Å². The molecule has 2 aromatic carbocycles. The largest absolute Gasteiger partial charge is 0.383 e. The van der Waals surface area contributed by atoms with Crippen molar-refractivity contribution in [2.75, 3.05) is 26.8 Å². The van der Waals surface area contributed by atoms with E-state index in [-0.39, 0.29) is 29.1 Å². The number of halogens is 1. The van der Waals surface area contributed by atoms with Gasteiger partial charge in [0.25, 0.3) is 11.5 Å². The number of rotatable bonds is 7. The molecule has 1 aliphatic rings. The highest BCUT2D eigenvalue weighted by atomic mass is 19.1. The van der Waals surface area contributed by atoms with Gasteiger partial charge in [0.2, 0.25) is 0 Å². The van der Waals surface area contributed by atoms with Gasteiger partial charge in [-0.25, -0.2) is 9.49 Å². The van der Waals surface area contributed by atoms with Crippen LogP contribution in [0.1, 0.15) is 28.5 Å². The van der Waals surface area contributed by atoms with Crippen LogP contribution in [0.3, 0.4) is 0 Å². The first-order valence-corrected chi connectivity index (χ1v) is 10.2. The van der Waals surface area contributed by atoms with Crippen molar-refractivity contribution in [3.63, 3.8) is 0 Å². The number of ether oxygens (including phenoxy) is 1. The first kappa shape index (κ1) is 21.1. The highest BCUT2D eigenvalue weighted by molar-refractivity contribution is 5.95. The molecule has 7 nitrogen and oxygen atoms in total. The molecule has 1 amide bonds. The van der Waals surface area contributed by atoms with E-state index in [9.17, 15) is 14.0 Å². The minimum absolute atomic E-state index is 0.0506. The van der Waals surface area contributed by atoms with Gasteiger partial charge >= 0.3 is 0 Å². The van der Waals surface area contributed by atoms with Gasteiger partial charge in [0.15, 0.2) is 0 Å². The van der Waals surface area contributed by atoms with Crippen molar-refractivity contribution in [2.45, 2.75) is 25.4 Å². The van der Waals surface area contributed by atoms with Crippen LogP contribution in [0.25, 0.3) is 10.8 Å². The molecule has 0 radical (unpaired) electrons. The third-order valence-electron chi connectivity index (χ3n) is 5.51. The highest BCUT2D eigenvalue weighted by Crippen LogP contribution is 2.21. The van der Waals surface area contributed by atoms with Crippen molar-refractivity contribution >= 4 is 16.7 Å². The Balaban J connectivity index is 1.49. The van der Waals surface area contributed by atoms with Crippen LogP contribution < -0.4 is 10.9 Å². The Morgan fingerprint density at radius 3 is 2.77 bits per heavy atom. The maximum atomic E-state index is 14.5.